The molecule has 0 radical (unpaired) electrons. The number of fused-ring (bicyclic) bond motifs is 1. The summed E-state index contributed by atoms with van der Waals surface area (Å²) in [6, 6.07) is 6.01. The first-order valence-corrected chi connectivity index (χ1v) is 10.2. The van der Waals surface area contributed by atoms with Crippen LogP contribution in [0.15, 0.2) is 43.5 Å². The van der Waals surface area contributed by atoms with Crippen LogP contribution in [0, 0.1) is 23.6 Å². The molecule has 0 N–H and O–H groups in total. The molecule has 25 heavy (non-hydrogen) atoms. The Labute approximate surface area is 153 Å². The summed E-state index contributed by atoms with van der Waals surface area (Å²) >= 11 is 0. The van der Waals surface area contributed by atoms with Gasteiger partial charge in [-0.3, -0.25) is 0 Å². The Morgan fingerprint density at radius 2 is 1.72 bits per heavy atom. The van der Waals surface area contributed by atoms with Gasteiger partial charge in [0, 0.05) is 0 Å². The topological polar surface area (TPSA) is 0 Å². The molecule has 0 bridgehead atoms. The van der Waals surface area contributed by atoms with Crippen molar-refractivity contribution in [3.8, 4) is 0 Å². The van der Waals surface area contributed by atoms with E-state index in [-0.39, 0.29) is 5.82 Å². The Morgan fingerprint density at radius 1 is 0.960 bits per heavy atom. The van der Waals surface area contributed by atoms with Crippen LogP contribution in [0.5, 0.6) is 0 Å². The van der Waals surface area contributed by atoms with Gasteiger partial charge in [-0.05, 0) is 98.7 Å². The second kappa shape index (κ2) is 8.83. The first kappa shape index (κ1) is 18.4. The molecule has 1 heteroatoms. The third-order valence-electron chi connectivity index (χ3n) is 6.67. The minimum Gasteiger partial charge on any atom is -0.207 e. The molecule has 2 saturated carbocycles. The maximum absolute atomic E-state index is 14.4. The van der Waals surface area contributed by atoms with Gasteiger partial charge in [0.2, 0.25) is 0 Å². The van der Waals surface area contributed by atoms with Gasteiger partial charge in [-0.25, -0.2) is 4.39 Å². The fourth-order valence-corrected chi connectivity index (χ4v) is 5.18. The zero-order valence-electron chi connectivity index (χ0n) is 15.6. The van der Waals surface area contributed by atoms with Gasteiger partial charge < -0.3 is 0 Å². The van der Waals surface area contributed by atoms with Gasteiger partial charge in [-0.15, -0.1) is 13.2 Å². The van der Waals surface area contributed by atoms with E-state index in [2.05, 4.69) is 25.3 Å². The number of benzene rings is 1. The van der Waals surface area contributed by atoms with Gasteiger partial charge in [-0.1, -0.05) is 30.7 Å². The maximum Gasteiger partial charge on any atom is 0.126 e. The minimum absolute atomic E-state index is 0.0189. The summed E-state index contributed by atoms with van der Waals surface area (Å²) in [4.78, 5) is 0. The highest BCUT2D eigenvalue weighted by Gasteiger charge is 2.35. The van der Waals surface area contributed by atoms with Gasteiger partial charge in [-0.2, -0.15) is 0 Å². The zero-order valence-corrected chi connectivity index (χ0v) is 15.6. The molecule has 0 amide bonds. The fourth-order valence-electron chi connectivity index (χ4n) is 5.18. The second-order valence-electron chi connectivity index (χ2n) is 8.25. The molecule has 0 aliphatic heterocycles. The lowest BCUT2D eigenvalue weighted by molar-refractivity contribution is 0.115. The predicted octanol–water partition coefficient (Wildman–Crippen LogP) is 7.21. The van der Waals surface area contributed by atoms with E-state index >= 15 is 0 Å². The smallest absolute Gasteiger partial charge is 0.126 e. The molecule has 4 unspecified atom stereocenters. The first-order valence-electron chi connectivity index (χ1n) is 10.2. The predicted molar refractivity (Wildman–Crippen MR) is 105 cm³/mol. The highest BCUT2D eigenvalue weighted by molar-refractivity contribution is 5.28. The first-order chi connectivity index (χ1) is 12.2. The van der Waals surface area contributed by atoms with Crippen molar-refractivity contribution < 1.29 is 4.39 Å². The standard InChI is InChI=1S/C24H33F/c1-3-5-7-18-9-10-21-16-22(14-13-20(21)15-18)23-12-11-19(8-6-4-2)24(25)17-23/h3-4,11-12,17-18,20-22H,1-2,5-10,13-16H2. The monoisotopic (exact) mass is 340 g/mol. The van der Waals surface area contributed by atoms with E-state index in [1.54, 1.807) is 0 Å². The number of halogens is 1. The summed E-state index contributed by atoms with van der Waals surface area (Å²) in [6.45, 7) is 7.59. The molecule has 4 atom stereocenters. The van der Waals surface area contributed by atoms with Crippen molar-refractivity contribution in [1.29, 1.82) is 0 Å². The van der Waals surface area contributed by atoms with E-state index in [0.29, 0.717) is 5.92 Å². The SMILES string of the molecule is C=CCCc1ccc(C2CCC3CC(CCC=C)CCC3C2)cc1F. The lowest BCUT2D eigenvalue weighted by Crippen LogP contribution is -2.30. The number of aryl methyl sites for hydroxylation is 1. The Bertz CT molecular complexity index is 588. The second-order valence-corrected chi connectivity index (χ2v) is 8.25. The number of rotatable bonds is 7. The van der Waals surface area contributed by atoms with Gasteiger partial charge in [0.25, 0.3) is 0 Å². The number of hydrogen-bond donors (Lipinski definition) is 0. The van der Waals surface area contributed by atoms with Gasteiger partial charge in [0.05, 0.1) is 0 Å². The Kier molecular flexibility index (Phi) is 6.51. The van der Waals surface area contributed by atoms with Crippen molar-refractivity contribution >= 4 is 0 Å². The number of allylic oxidation sites excluding steroid dienone is 2. The van der Waals surface area contributed by atoms with E-state index in [9.17, 15) is 4.39 Å². The van der Waals surface area contributed by atoms with Crippen LogP contribution in [-0.2, 0) is 6.42 Å². The average molecular weight is 341 g/mol. The Hall–Kier alpha value is -1.37. The van der Waals surface area contributed by atoms with E-state index in [4.69, 9.17) is 0 Å². The van der Waals surface area contributed by atoms with Crippen LogP contribution >= 0.6 is 0 Å². The van der Waals surface area contributed by atoms with Crippen LogP contribution in [0.4, 0.5) is 4.39 Å². The molecule has 0 aromatic heterocycles. The van der Waals surface area contributed by atoms with E-state index in [1.165, 1.54) is 56.9 Å². The summed E-state index contributed by atoms with van der Waals surface area (Å²) in [6.07, 6.45) is 16.0. The summed E-state index contributed by atoms with van der Waals surface area (Å²) in [5.74, 6) is 3.24. The molecule has 3 rings (SSSR count). The quantitative estimate of drug-likeness (QED) is 0.460. The summed E-state index contributed by atoms with van der Waals surface area (Å²) < 4.78 is 14.4. The van der Waals surface area contributed by atoms with Crippen molar-refractivity contribution in [3.05, 3.63) is 60.5 Å². The summed E-state index contributed by atoms with van der Waals surface area (Å²) in [7, 11) is 0. The van der Waals surface area contributed by atoms with Crippen LogP contribution in [0.1, 0.15) is 74.8 Å². The van der Waals surface area contributed by atoms with E-state index < -0.39 is 0 Å². The molecule has 2 aliphatic carbocycles. The third-order valence-corrected chi connectivity index (χ3v) is 6.67. The molecule has 136 valence electrons. The largest absolute Gasteiger partial charge is 0.207 e. The molecule has 0 spiro atoms. The third kappa shape index (κ3) is 4.63. The van der Waals surface area contributed by atoms with Gasteiger partial charge in [0.15, 0.2) is 0 Å². The Morgan fingerprint density at radius 3 is 2.48 bits per heavy atom. The minimum atomic E-state index is -0.0189. The average Bonchev–Trinajstić information content (AvgIpc) is 2.64. The molecular formula is C24H33F. The zero-order chi connectivity index (χ0) is 17.6. The lowest BCUT2D eigenvalue weighted by Gasteiger charge is -2.42. The van der Waals surface area contributed by atoms with Crippen LogP contribution < -0.4 is 0 Å². The fraction of sp³-hybridized carbons (Fsp3) is 0.583. The highest BCUT2D eigenvalue weighted by Crippen LogP contribution is 2.48. The summed E-state index contributed by atoms with van der Waals surface area (Å²) in [5.41, 5.74) is 2.06. The van der Waals surface area contributed by atoms with Crippen LogP contribution in [-0.4, -0.2) is 0 Å². The molecule has 1 aromatic rings. The highest BCUT2D eigenvalue weighted by atomic mass is 19.1. The van der Waals surface area contributed by atoms with Gasteiger partial charge >= 0.3 is 0 Å². The van der Waals surface area contributed by atoms with Crippen molar-refractivity contribution in [2.45, 2.75) is 70.1 Å². The molecule has 0 nitrogen and oxygen atoms in total. The van der Waals surface area contributed by atoms with Crippen molar-refractivity contribution in [2.75, 3.05) is 0 Å². The molecule has 1 aromatic carbocycles. The van der Waals surface area contributed by atoms with E-state index in [0.717, 1.165) is 36.2 Å². The van der Waals surface area contributed by atoms with Crippen molar-refractivity contribution in [2.24, 2.45) is 17.8 Å². The van der Waals surface area contributed by atoms with Crippen molar-refractivity contribution in [3.63, 3.8) is 0 Å². The van der Waals surface area contributed by atoms with Crippen LogP contribution in [0.25, 0.3) is 0 Å². The lowest BCUT2D eigenvalue weighted by atomic mass is 9.63. The molecular weight excluding hydrogens is 307 g/mol. The Balaban J connectivity index is 1.59. The normalized spacial score (nSPS) is 29.0. The summed E-state index contributed by atoms with van der Waals surface area (Å²) in [5, 5.41) is 0. The van der Waals surface area contributed by atoms with Crippen molar-refractivity contribution in [1.82, 2.24) is 0 Å². The van der Waals surface area contributed by atoms with Gasteiger partial charge in [0.1, 0.15) is 5.82 Å². The maximum atomic E-state index is 14.4. The molecule has 0 saturated heterocycles. The molecule has 2 aliphatic rings. The van der Waals surface area contributed by atoms with Crippen LogP contribution in [0.2, 0.25) is 0 Å². The molecule has 2 fully saturated rings. The number of hydrogen-bond acceptors (Lipinski definition) is 0. The van der Waals surface area contributed by atoms with Crippen LogP contribution in [0.3, 0.4) is 0 Å². The van der Waals surface area contributed by atoms with E-state index in [1.807, 2.05) is 18.2 Å². The molecule has 0 heterocycles.